The molecule has 0 radical (unpaired) electrons. The van der Waals surface area contributed by atoms with E-state index in [1.54, 1.807) is 5.48 Å². The second kappa shape index (κ2) is 13.0. The van der Waals surface area contributed by atoms with E-state index in [9.17, 15) is 14.3 Å². The van der Waals surface area contributed by atoms with Gasteiger partial charge in [0.05, 0.1) is 18.6 Å². The van der Waals surface area contributed by atoms with Crippen molar-refractivity contribution in [3.8, 4) is 11.8 Å². The number of hydroxylamine groups is 1. The number of carbonyl (C=O) groups is 1. The first-order valence-electron chi connectivity index (χ1n) is 12.5. The van der Waals surface area contributed by atoms with Gasteiger partial charge in [0.25, 0.3) is 5.91 Å². The third kappa shape index (κ3) is 7.37. The highest BCUT2D eigenvalue weighted by atomic mass is 19.1. The molecule has 0 saturated carbocycles. The molecule has 1 aliphatic rings. The number of hydrogen-bond donors (Lipinski definition) is 3. The highest BCUT2D eigenvalue weighted by molar-refractivity contribution is 5.82. The monoisotopic (exact) mass is 496 g/mol. The molecule has 0 bridgehead atoms. The number of unbranched alkanes of at least 4 members (excludes halogenated alkanes) is 1. The van der Waals surface area contributed by atoms with Gasteiger partial charge in [-0.2, -0.15) is 0 Å². The number of hydrogen-bond acceptors (Lipinski definition) is 5. The first kappa shape index (κ1) is 27.8. The molecular weight excluding hydrogens is 459 g/mol. The number of nitrogens with one attached hydrogen (secondary N) is 1. The van der Waals surface area contributed by atoms with Gasteiger partial charge >= 0.3 is 0 Å². The van der Waals surface area contributed by atoms with Crippen LogP contribution in [0.1, 0.15) is 55.4 Å². The van der Waals surface area contributed by atoms with Gasteiger partial charge in [0.15, 0.2) is 0 Å². The van der Waals surface area contributed by atoms with Crippen molar-refractivity contribution in [3.05, 3.63) is 70.8 Å². The zero-order chi connectivity index (χ0) is 26.0. The summed E-state index contributed by atoms with van der Waals surface area (Å²) in [4.78, 5) is 14.5. The van der Waals surface area contributed by atoms with Crippen LogP contribution in [0.2, 0.25) is 0 Å². The van der Waals surface area contributed by atoms with Crippen LogP contribution in [0.4, 0.5) is 4.39 Å². The average Bonchev–Trinajstić information content (AvgIpc) is 2.91. The minimum Gasteiger partial charge on any atom is -0.386 e. The maximum Gasteiger partial charge on any atom is 0.252 e. The Bertz CT molecular complexity index is 1040. The molecule has 1 fully saturated rings. The van der Waals surface area contributed by atoms with E-state index in [1.165, 1.54) is 19.4 Å². The summed E-state index contributed by atoms with van der Waals surface area (Å²) in [6, 6.07) is 16.4. The molecule has 0 aromatic heterocycles. The molecule has 3 N–H and O–H groups in total. The van der Waals surface area contributed by atoms with Crippen molar-refractivity contribution in [2.75, 3.05) is 33.0 Å². The average molecular weight is 497 g/mol. The molecule has 2 atom stereocenters. The van der Waals surface area contributed by atoms with Crippen molar-refractivity contribution in [2.45, 2.75) is 51.7 Å². The summed E-state index contributed by atoms with van der Waals surface area (Å²) in [5, 5.41) is 19.4. The van der Waals surface area contributed by atoms with E-state index < -0.39 is 23.6 Å². The molecule has 194 valence electrons. The Kier molecular flexibility index (Phi) is 10.0. The van der Waals surface area contributed by atoms with Crippen LogP contribution in [0.15, 0.2) is 48.5 Å². The van der Waals surface area contributed by atoms with Gasteiger partial charge < -0.3 is 9.84 Å². The summed E-state index contributed by atoms with van der Waals surface area (Å²) in [6.45, 7) is 6.16. The van der Waals surface area contributed by atoms with E-state index in [-0.39, 0.29) is 6.42 Å². The summed E-state index contributed by atoms with van der Waals surface area (Å²) in [5.41, 5.74) is 2.61. The first-order valence-corrected chi connectivity index (χ1v) is 12.5. The minimum atomic E-state index is -1.86. The lowest BCUT2D eigenvalue weighted by Crippen LogP contribution is -2.54. The van der Waals surface area contributed by atoms with Crippen LogP contribution < -0.4 is 5.48 Å². The Morgan fingerprint density at radius 3 is 2.08 bits per heavy atom. The lowest BCUT2D eigenvalue weighted by Gasteiger charge is -2.39. The van der Waals surface area contributed by atoms with Crippen LogP contribution in [0.3, 0.4) is 0 Å². The topological polar surface area (TPSA) is 82.0 Å². The molecule has 3 rings (SSSR count). The van der Waals surface area contributed by atoms with E-state index in [2.05, 4.69) is 41.0 Å². The van der Waals surface area contributed by atoms with Crippen molar-refractivity contribution < 1.29 is 24.2 Å². The second-order valence-electron chi connectivity index (χ2n) is 9.92. The number of morpholine rings is 1. The number of ether oxygens (including phenoxy) is 1. The van der Waals surface area contributed by atoms with Gasteiger partial charge in [-0.05, 0) is 68.5 Å². The number of benzene rings is 2. The molecule has 2 unspecified atom stereocenters. The molecule has 1 amide bonds. The Labute approximate surface area is 213 Å². The number of carbonyl (C=O) groups excluding carboxylic acids is 1. The molecule has 7 heteroatoms. The predicted octanol–water partition coefficient (Wildman–Crippen LogP) is 3.86. The summed E-state index contributed by atoms with van der Waals surface area (Å²) in [6.07, 6.45) is 2.40. The fraction of sp³-hybridized carbons (Fsp3) is 0.483. The number of aliphatic hydroxyl groups is 1. The Morgan fingerprint density at radius 2 is 1.56 bits per heavy atom. The summed E-state index contributed by atoms with van der Waals surface area (Å²) in [7, 11) is 0. The molecule has 1 saturated heterocycles. The van der Waals surface area contributed by atoms with Crippen LogP contribution in [0.5, 0.6) is 0 Å². The van der Waals surface area contributed by atoms with E-state index in [0.717, 1.165) is 62.4 Å². The number of halogens is 1. The Balaban J connectivity index is 1.48. The lowest BCUT2D eigenvalue weighted by atomic mass is 9.70. The Hall–Kier alpha value is -2.76. The van der Waals surface area contributed by atoms with Gasteiger partial charge in [-0.15, -0.1) is 0 Å². The zero-order valence-electron chi connectivity index (χ0n) is 21.2. The van der Waals surface area contributed by atoms with Crippen LogP contribution in [-0.2, 0) is 22.5 Å². The number of amides is 1. The van der Waals surface area contributed by atoms with Gasteiger partial charge in [0.1, 0.15) is 12.3 Å². The van der Waals surface area contributed by atoms with Gasteiger partial charge in [0, 0.05) is 30.8 Å². The maximum absolute atomic E-state index is 13.3. The van der Waals surface area contributed by atoms with Crippen LogP contribution >= 0.6 is 0 Å². The van der Waals surface area contributed by atoms with Crippen LogP contribution in [0.25, 0.3) is 0 Å². The van der Waals surface area contributed by atoms with E-state index >= 15 is 0 Å². The summed E-state index contributed by atoms with van der Waals surface area (Å²) >= 11 is 0. The number of aryl methyl sites for hydroxylation is 1. The maximum atomic E-state index is 13.3. The SMILES string of the molecule is CC(O)(CF)C(C)(CCCCc1ccc(C#Cc2ccc(CN3CCOCC3)cc2)cc1)C(=O)NO. The molecule has 6 nitrogen and oxygen atoms in total. The van der Waals surface area contributed by atoms with Crippen molar-refractivity contribution >= 4 is 5.91 Å². The van der Waals surface area contributed by atoms with Crippen molar-refractivity contribution in [3.63, 3.8) is 0 Å². The minimum absolute atomic E-state index is 0.255. The zero-order valence-corrected chi connectivity index (χ0v) is 21.2. The van der Waals surface area contributed by atoms with Gasteiger partial charge in [-0.3, -0.25) is 14.9 Å². The quantitative estimate of drug-likeness (QED) is 0.201. The molecule has 2 aromatic rings. The van der Waals surface area contributed by atoms with Crippen molar-refractivity contribution in [1.29, 1.82) is 0 Å². The summed E-state index contributed by atoms with van der Waals surface area (Å²) < 4.78 is 18.7. The molecule has 1 heterocycles. The van der Waals surface area contributed by atoms with Gasteiger partial charge in [0.2, 0.25) is 0 Å². The lowest BCUT2D eigenvalue weighted by molar-refractivity contribution is -0.159. The highest BCUT2D eigenvalue weighted by Crippen LogP contribution is 2.37. The van der Waals surface area contributed by atoms with Gasteiger partial charge in [-0.25, -0.2) is 9.87 Å². The summed E-state index contributed by atoms with van der Waals surface area (Å²) in [5.74, 6) is 5.65. The third-order valence-corrected chi connectivity index (χ3v) is 7.21. The third-order valence-electron chi connectivity index (χ3n) is 7.21. The van der Waals surface area contributed by atoms with E-state index in [1.807, 2.05) is 24.3 Å². The van der Waals surface area contributed by atoms with Crippen LogP contribution in [-0.4, -0.2) is 59.7 Å². The molecular formula is C29H37FN2O4. The largest absolute Gasteiger partial charge is 0.386 e. The molecule has 0 spiro atoms. The molecule has 0 aliphatic carbocycles. The van der Waals surface area contributed by atoms with Gasteiger partial charge in [-0.1, -0.05) is 42.5 Å². The number of nitrogens with zero attached hydrogens (tertiary/aromatic N) is 1. The smallest absolute Gasteiger partial charge is 0.252 e. The Morgan fingerprint density at radius 1 is 1.00 bits per heavy atom. The number of alkyl halides is 1. The van der Waals surface area contributed by atoms with Crippen LogP contribution in [0, 0.1) is 17.3 Å². The normalized spacial score (nSPS) is 17.4. The molecule has 36 heavy (non-hydrogen) atoms. The fourth-order valence-corrected chi connectivity index (χ4v) is 4.32. The van der Waals surface area contributed by atoms with Crippen molar-refractivity contribution in [1.82, 2.24) is 10.4 Å². The fourth-order valence-electron chi connectivity index (χ4n) is 4.32. The predicted molar refractivity (Wildman–Crippen MR) is 137 cm³/mol. The number of rotatable bonds is 10. The second-order valence-corrected chi connectivity index (χ2v) is 9.92. The molecule has 2 aromatic carbocycles. The standard InChI is InChI=1S/C29H37FN2O4/c1-28(27(33)31-35,29(2,34)22-30)16-4-3-5-23-6-8-24(9-7-23)10-11-25-12-14-26(15-13-25)21-32-17-19-36-20-18-32/h6-9,12-15,34-35H,3-5,16-22H2,1-2H3,(H,31,33). The molecule has 1 aliphatic heterocycles. The highest BCUT2D eigenvalue weighted by Gasteiger charge is 2.48. The van der Waals surface area contributed by atoms with E-state index in [4.69, 9.17) is 9.94 Å². The van der Waals surface area contributed by atoms with E-state index in [0.29, 0.717) is 6.42 Å². The first-order chi connectivity index (χ1) is 17.3. The van der Waals surface area contributed by atoms with Crippen molar-refractivity contribution in [2.24, 2.45) is 5.41 Å².